The Labute approximate surface area is 124 Å². The number of carbonyl (C=O) groups excluding carboxylic acids is 1. The van der Waals surface area contributed by atoms with Crippen LogP contribution in [-0.4, -0.2) is 18.2 Å². The van der Waals surface area contributed by atoms with Crippen molar-refractivity contribution < 1.29 is 4.79 Å². The Bertz CT molecular complexity index is 469. The smallest absolute Gasteiger partial charge is 0.224 e. The van der Waals surface area contributed by atoms with Crippen LogP contribution in [0.2, 0.25) is 0 Å². The predicted molar refractivity (Wildman–Crippen MR) is 81.2 cm³/mol. The molecule has 0 heterocycles. The lowest BCUT2D eigenvalue weighted by Gasteiger charge is -2.30. The monoisotopic (exact) mass is 288 g/mol. The van der Waals surface area contributed by atoms with Crippen molar-refractivity contribution in [2.24, 2.45) is 11.8 Å². The Morgan fingerprint density at radius 2 is 2.05 bits per heavy atom. The minimum Gasteiger partial charge on any atom is -0.343 e. The van der Waals surface area contributed by atoms with Crippen LogP contribution >= 0.6 is 11.8 Å². The van der Waals surface area contributed by atoms with E-state index in [4.69, 9.17) is 5.26 Å². The second-order valence-electron chi connectivity index (χ2n) is 5.15. The highest BCUT2D eigenvalue weighted by molar-refractivity contribution is 7.99. The first-order chi connectivity index (χ1) is 9.81. The molecule has 3 nitrogen and oxygen atoms in total. The van der Waals surface area contributed by atoms with Crippen LogP contribution in [0.4, 0.5) is 0 Å². The zero-order chi connectivity index (χ0) is 14.2. The van der Waals surface area contributed by atoms with Crippen molar-refractivity contribution in [1.29, 1.82) is 5.26 Å². The van der Waals surface area contributed by atoms with E-state index >= 15 is 0 Å². The van der Waals surface area contributed by atoms with Gasteiger partial charge in [0, 0.05) is 16.6 Å². The molecule has 0 radical (unpaired) electrons. The van der Waals surface area contributed by atoms with E-state index in [0.717, 1.165) is 25.0 Å². The summed E-state index contributed by atoms with van der Waals surface area (Å²) in [5.41, 5.74) is 0. The largest absolute Gasteiger partial charge is 0.343 e. The number of amides is 1. The molecule has 1 aromatic rings. The molecule has 106 valence electrons. The molecule has 2 rings (SSSR count). The van der Waals surface area contributed by atoms with Gasteiger partial charge in [0.15, 0.2) is 0 Å². The maximum atomic E-state index is 12.1. The van der Waals surface area contributed by atoms with Gasteiger partial charge in [-0.15, -0.1) is 11.8 Å². The van der Waals surface area contributed by atoms with Crippen LogP contribution in [0.5, 0.6) is 0 Å². The number of nitrogens with zero attached hydrogens (tertiary/aromatic N) is 1. The first-order valence-electron chi connectivity index (χ1n) is 7.14. The van der Waals surface area contributed by atoms with Gasteiger partial charge in [-0.2, -0.15) is 5.26 Å². The van der Waals surface area contributed by atoms with Gasteiger partial charge in [-0.1, -0.05) is 31.0 Å². The van der Waals surface area contributed by atoms with E-state index in [-0.39, 0.29) is 18.4 Å². The fourth-order valence-corrected chi connectivity index (χ4v) is 3.89. The molecule has 1 N–H and O–H groups in total. The van der Waals surface area contributed by atoms with Crippen LogP contribution < -0.4 is 5.32 Å². The molecule has 0 aromatic heterocycles. The number of nitriles is 1. The summed E-state index contributed by atoms with van der Waals surface area (Å²) in [4.78, 5) is 13.4. The maximum Gasteiger partial charge on any atom is 0.224 e. The Morgan fingerprint density at radius 3 is 2.80 bits per heavy atom. The van der Waals surface area contributed by atoms with Crippen molar-refractivity contribution in [3.05, 3.63) is 30.3 Å². The Balaban J connectivity index is 1.90. The number of hydrogen-bond donors (Lipinski definition) is 1. The van der Waals surface area contributed by atoms with Crippen LogP contribution in [0.25, 0.3) is 0 Å². The molecule has 2 atom stereocenters. The summed E-state index contributed by atoms with van der Waals surface area (Å²) in [6.45, 7) is 0.119. The first-order valence-corrected chi connectivity index (χ1v) is 8.12. The van der Waals surface area contributed by atoms with E-state index in [1.165, 1.54) is 11.3 Å². The minimum absolute atomic E-state index is 0.0601. The molecule has 0 bridgehead atoms. The van der Waals surface area contributed by atoms with Gasteiger partial charge in [0.25, 0.3) is 0 Å². The van der Waals surface area contributed by atoms with E-state index in [1.807, 2.05) is 36.0 Å². The average molecular weight is 288 g/mol. The van der Waals surface area contributed by atoms with Gasteiger partial charge >= 0.3 is 0 Å². The van der Waals surface area contributed by atoms with Gasteiger partial charge in [0.2, 0.25) is 5.91 Å². The van der Waals surface area contributed by atoms with Gasteiger partial charge in [-0.3, -0.25) is 4.79 Å². The van der Waals surface area contributed by atoms with Crippen LogP contribution in [0.1, 0.15) is 25.7 Å². The molecule has 1 fully saturated rings. The first kappa shape index (κ1) is 14.9. The summed E-state index contributed by atoms with van der Waals surface area (Å²) in [5.74, 6) is 1.54. The lowest BCUT2D eigenvalue weighted by Crippen LogP contribution is -2.37. The van der Waals surface area contributed by atoms with Crippen molar-refractivity contribution in [3.8, 4) is 6.07 Å². The molecule has 0 aliphatic heterocycles. The second-order valence-corrected chi connectivity index (χ2v) is 6.24. The highest BCUT2D eigenvalue weighted by Crippen LogP contribution is 2.34. The van der Waals surface area contributed by atoms with Gasteiger partial charge in [-0.25, -0.2) is 0 Å². The molecule has 20 heavy (non-hydrogen) atoms. The Kier molecular flexibility index (Phi) is 5.94. The molecular weight excluding hydrogens is 268 g/mol. The fourth-order valence-electron chi connectivity index (χ4n) is 2.73. The van der Waals surface area contributed by atoms with E-state index in [2.05, 4.69) is 17.4 Å². The summed E-state index contributed by atoms with van der Waals surface area (Å²) >= 11 is 1.83. The van der Waals surface area contributed by atoms with Gasteiger partial charge < -0.3 is 5.32 Å². The van der Waals surface area contributed by atoms with Crippen molar-refractivity contribution in [3.63, 3.8) is 0 Å². The fraction of sp³-hybridized carbons (Fsp3) is 0.500. The maximum absolute atomic E-state index is 12.1. The van der Waals surface area contributed by atoms with Gasteiger partial charge in [0.1, 0.15) is 6.54 Å². The highest BCUT2D eigenvalue weighted by atomic mass is 32.2. The number of thioether (sulfide) groups is 1. The van der Waals surface area contributed by atoms with Crippen LogP contribution in [0.15, 0.2) is 35.2 Å². The van der Waals surface area contributed by atoms with E-state index in [9.17, 15) is 4.79 Å². The van der Waals surface area contributed by atoms with Crippen molar-refractivity contribution in [2.45, 2.75) is 30.6 Å². The normalized spacial score (nSPS) is 21.9. The molecule has 1 amide bonds. The third kappa shape index (κ3) is 4.28. The zero-order valence-electron chi connectivity index (χ0n) is 11.5. The Morgan fingerprint density at radius 1 is 1.30 bits per heavy atom. The van der Waals surface area contributed by atoms with Crippen LogP contribution in [0.3, 0.4) is 0 Å². The van der Waals surface area contributed by atoms with Crippen LogP contribution in [-0.2, 0) is 4.79 Å². The molecular formula is C16H20N2OS. The number of carbonyl (C=O) groups is 1. The molecule has 1 aromatic carbocycles. The predicted octanol–water partition coefficient (Wildman–Crippen LogP) is 3.22. The summed E-state index contributed by atoms with van der Waals surface area (Å²) in [7, 11) is 0. The van der Waals surface area contributed by atoms with E-state index in [0.29, 0.717) is 5.92 Å². The third-order valence-corrected chi connectivity index (χ3v) is 5.00. The van der Waals surface area contributed by atoms with Crippen molar-refractivity contribution in [2.75, 3.05) is 12.3 Å². The van der Waals surface area contributed by atoms with Gasteiger partial charge in [-0.05, 0) is 30.9 Å². The zero-order valence-corrected chi connectivity index (χ0v) is 12.4. The van der Waals surface area contributed by atoms with Crippen molar-refractivity contribution >= 4 is 17.7 Å². The average Bonchev–Trinajstić information content (AvgIpc) is 2.52. The lowest BCUT2D eigenvalue weighted by atomic mass is 9.80. The second kappa shape index (κ2) is 7.96. The SMILES string of the molecule is N#CCNC(=O)[C@@H]1CCCC[C@H]1CSc1ccccc1. The molecule has 1 saturated carbocycles. The number of benzene rings is 1. The molecule has 1 aliphatic carbocycles. The molecule has 0 unspecified atom stereocenters. The lowest BCUT2D eigenvalue weighted by molar-refractivity contribution is -0.127. The van der Waals surface area contributed by atoms with Crippen molar-refractivity contribution in [1.82, 2.24) is 5.32 Å². The molecule has 0 spiro atoms. The summed E-state index contributed by atoms with van der Waals surface area (Å²) in [6.07, 6.45) is 4.40. The number of hydrogen-bond acceptors (Lipinski definition) is 3. The number of nitrogens with one attached hydrogen (secondary N) is 1. The third-order valence-electron chi connectivity index (χ3n) is 3.79. The minimum atomic E-state index is 0.0601. The summed E-state index contributed by atoms with van der Waals surface area (Å²) < 4.78 is 0. The molecule has 0 saturated heterocycles. The standard InChI is InChI=1S/C16H20N2OS/c17-10-11-18-16(19)15-9-5-4-6-13(15)12-20-14-7-2-1-3-8-14/h1-3,7-8,13,15H,4-6,9,11-12H2,(H,18,19)/t13-,15+/m0/s1. The van der Waals surface area contributed by atoms with E-state index in [1.54, 1.807) is 0 Å². The Hall–Kier alpha value is -1.47. The summed E-state index contributed by atoms with van der Waals surface area (Å²) in [6, 6.07) is 12.3. The molecule has 1 aliphatic rings. The number of rotatable bonds is 5. The quantitative estimate of drug-likeness (QED) is 0.668. The van der Waals surface area contributed by atoms with E-state index < -0.39 is 0 Å². The summed E-state index contributed by atoms with van der Waals surface area (Å²) in [5, 5.41) is 11.3. The highest BCUT2D eigenvalue weighted by Gasteiger charge is 2.30. The molecule has 4 heteroatoms. The topological polar surface area (TPSA) is 52.9 Å². The van der Waals surface area contributed by atoms with Gasteiger partial charge in [0.05, 0.1) is 6.07 Å². The van der Waals surface area contributed by atoms with Crippen LogP contribution in [0, 0.1) is 23.2 Å².